The maximum absolute atomic E-state index is 5.64. The van der Waals surface area contributed by atoms with Crippen molar-refractivity contribution in [2.75, 3.05) is 5.75 Å². The normalized spacial score (nSPS) is 9.46. The molecule has 1 aromatic rings. The van der Waals surface area contributed by atoms with Crippen molar-refractivity contribution in [3.8, 4) is 0 Å². The standard InChI is InChI=1S/C10H15NS.ClH/c1-3-12-10-5-4-8(2)6-9(10)7-11;/h4-6H,3,7,11H2,1-2H3;1H. The van der Waals surface area contributed by atoms with Crippen molar-refractivity contribution in [2.45, 2.75) is 25.3 Å². The summed E-state index contributed by atoms with van der Waals surface area (Å²) in [5.74, 6) is 1.11. The molecule has 1 rings (SSSR count). The third-order valence-corrected chi connectivity index (χ3v) is 2.73. The number of hydrogen-bond donors (Lipinski definition) is 1. The molecule has 0 saturated heterocycles. The van der Waals surface area contributed by atoms with Gasteiger partial charge in [-0.15, -0.1) is 24.2 Å². The highest BCUT2D eigenvalue weighted by atomic mass is 35.5. The average molecular weight is 218 g/mol. The molecule has 2 N–H and O–H groups in total. The van der Waals surface area contributed by atoms with E-state index in [0.717, 1.165) is 5.75 Å². The van der Waals surface area contributed by atoms with Gasteiger partial charge in [0.1, 0.15) is 0 Å². The molecule has 0 radical (unpaired) electrons. The lowest BCUT2D eigenvalue weighted by atomic mass is 10.1. The molecule has 1 nitrogen and oxygen atoms in total. The Kier molecular flexibility index (Phi) is 6.21. The Morgan fingerprint density at radius 3 is 2.62 bits per heavy atom. The van der Waals surface area contributed by atoms with Gasteiger partial charge in [0.2, 0.25) is 0 Å². The Bertz CT molecular complexity index is 263. The smallest absolute Gasteiger partial charge is 0.0189 e. The van der Waals surface area contributed by atoms with Crippen molar-refractivity contribution in [3.63, 3.8) is 0 Å². The van der Waals surface area contributed by atoms with E-state index in [4.69, 9.17) is 5.73 Å². The van der Waals surface area contributed by atoms with Crippen molar-refractivity contribution in [2.24, 2.45) is 5.73 Å². The highest BCUT2D eigenvalue weighted by Crippen LogP contribution is 2.22. The molecule has 0 fully saturated rings. The first-order chi connectivity index (χ1) is 5.77. The van der Waals surface area contributed by atoms with E-state index in [1.807, 2.05) is 11.8 Å². The molecule has 0 unspecified atom stereocenters. The van der Waals surface area contributed by atoms with Gasteiger partial charge in [0.05, 0.1) is 0 Å². The van der Waals surface area contributed by atoms with Crippen LogP contribution in [0.15, 0.2) is 23.1 Å². The minimum atomic E-state index is 0. The molecular weight excluding hydrogens is 202 g/mol. The van der Waals surface area contributed by atoms with E-state index in [2.05, 4.69) is 32.0 Å². The van der Waals surface area contributed by atoms with Crippen molar-refractivity contribution < 1.29 is 0 Å². The van der Waals surface area contributed by atoms with Gasteiger partial charge < -0.3 is 5.73 Å². The van der Waals surface area contributed by atoms with Crippen LogP contribution < -0.4 is 5.73 Å². The van der Waals surface area contributed by atoms with Crippen LogP contribution in [0.3, 0.4) is 0 Å². The zero-order chi connectivity index (χ0) is 8.97. The number of rotatable bonds is 3. The number of benzene rings is 1. The molecule has 0 aliphatic heterocycles. The van der Waals surface area contributed by atoms with Gasteiger partial charge in [0.15, 0.2) is 0 Å². The minimum absolute atomic E-state index is 0. The Hall–Kier alpha value is -0.180. The van der Waals surface area contributed by atoms with Crippen LogP contribution in [0.5, 0.6) is 0 Å². The van der Waals surface area contributed by atoms with Crippen molar-refractivity contribution in [1.82, 2.24) is 0 Å². The highest BCUT2D eigenvalue weighted by Gasteiger charge is 1.99. The largest absolute Gasteiger partial charge is 0.326 e. The summed E-state index contributed by atoms with van der Waals surface area (Å²) >= 11 is 1.86. The monoisotopic (exact) mass is 217 g/mol. The first-order valence-electron chi connectivity index (χ1n) is 4.20. The van der Waals surface area contributed by atoms with E-state index >= 15 is 0 Å². The molecule has 74 valence electrons. The van der Waals surface area contributed by atoms with Gasteiger partial charge in [0, 0.05) is 11.4 Å². The highest BCUT2D eigenvalue weighted by molar-refractivity contribution is 7.99. The summed E-state index contributed by atoms with van der Waals surface area (Å²) in [5, 5.41) is 0. The van der Waals surface area contributed by atoms with E-state index in [0.29, 0.717) is 6.54 Å². The van der Waals surface area contributed by atoms with Crippen LogP contribution in [0.2, 0.25) is 0 Å². The first-order valence-corrected chi connectivity index (χ1v) is 5.19. The number of halogens is 1. The Morgan fingerprint density at radius 2 is 2.08 bits per heavy atom. The molecule has 0 amide bonds. The summed E-state index contributed by atoms with van der Waals surface area (Å²) in [4.78, 5) is 1.32. The van der Waals surface area contributed by atoms with Gasteiger partial charge in [-0.3, -0.25) is 0 Å². The number of nitrogens with two attached hydrogens (primary N) is 1. The molecule has 3 heteroatoms. The molecule has 0 aliphatic rings. The van der Waals surface area contributed by atoms with E-state index in [1.54, 1.807) is 0 Å². The van der Waals surface area contributed by atoms with Crippen molar-refractivity contribution in [3.05, 3.63) is 29.3 Å². The van der Waals surface area contributed by atoms with Gasteiger partial charge in [0.25, 0.3) is 0 Å². The molecule has 0 bridgehead atoms. The Balaban J connectivity index is 0.00000144. The molecule has 13 heavy (non-hydrogen) atoms. The molecule has 0 spiro atoms. The Labute approximate surface area is 90.5 Å². The maximum Gasteiger partial charge on any atom is 0.0189 e. The number of hydrogen-bond acceptors (Lipinski definition) is 2. The van der Waals surface area contributed by atoms with Crippen LogP contribution in [0.4, 0.5) is 0 Å². The summed E-state index contributed by atoms with van der Waals surface area (Å²) in [7, 11) is 0. The lowest BCUT2D eigenvalue weighted by Gasteiger charge is -2.06. The summed E-state index contributed by atoms with van der Waals surface area (Å²) in [6.45, 7) is 4.90. The Morgan fingerprint density at radius 1 is 1.38 bits per heavy atom. The molecule has 0 heterocycles. The molecule has 0 aromatic heterocycles. The molecule has 0 aliphatic carbocycles. The first kappa shape index (κ1) is 12.8. The fraction of sp³-hybridized carbons (Fsp3) is 0.400. The van der Waals surface area contributed by atoms with E-state index in [1.165, 1.54) is 16.0 Å². The quantitative estimate of drug-likeness (QED) is 0.788. The third kappa shape index (κ3) is 3.59. The van der Waals surface area contributed by atoms with Crippen molar-refractivity contribution in [1.29, 1.82) is 0 Å². The average Bonchev–Trinajstić information content (AvgIpc) is 2.08. The lowest BCUT2D eigenvalue weighted by Crippen LogP contribution is -1.98. The van der Waals surface area contributed by atoms with Gasteiger partial charge in [-0.25, -0.2) is 0 Å². The number of aryl methyl sites for hydroxylation is 1. The zero-order valence-electron chi connectivity index (χ0n) is 8.04. The van der Waals surface area contributed by atoms with Gasteiger partial charge >= 0.3 is 0 Å². The fourth-order valence-corrected chi connectivity index (χ4v) is 1.97. The minimum Gasteiger partial charge on any atom is -0.326 e. The van der Waals surface area contributed by atoms with Crippen LogP contribution in [-0.4, -0.2) is 5.75 Å². The molecule has 0 saturated carbocycles. The maximum atomic E-state index is 5.64. The predicted octanol–water partition coefficient (Wildman–Crippen LogP) is 2.99. The van der Waals surface area contributed by atoms with E-state index < -0.39 is 0 Å². The van der Waals surface area contributed by atoms with E-state index in [-0.39, 0.29) is 12.4 Å². The third-order valence-electron chi connectivity index (χ3n) is 1.74. The van der Waals surface area contributed by atoms with Crippen LogP contribution >= 0.6 is 24.2 Å². The molecule has 1 aromatic carbocycles. The predicted molar refractivity (Wildman–Crippen MR) is 62.7 cm³/mol. The second-order valence-corrected chi connectivity index (χ2v) is 4.05. The second-order valence-electron chi connectivity index (χ2n) is 2.75. The molecule has 0 atom stereocenters. The van der Waals surface area contributed by atoms with Gasteiger partial charge in [-0.2, -0.15) is 0 Å². The summed E-state index contributed by atoms with van der Waals surface area (Å²) in [6.07, 6.45) is 0. The summed E-state index contributed by atoms with van der Waals surface area (Å²) < 4.78 is 0. The van der Waals surface area contributed by atoms with Gasteiger partial charge in [-0.1, -0.05) is 24.6 Å². The summed E-state index contributed by atoms with van der Waals surface area (Å²) in [6, 6.07) is 6.46. The van der Waals surface area contributed by atoms with Crippen LogP contribution in [0.25, 0.3) is 0 Å². The fourth-order valence-electron chi connectivity index (χ4n) is 1.16. The topological polar surface area (TPSA) is 26.0 Å². The number of thioether (sulfide) groups is 1. The van der Waals surface area contributed by atoms with Crippen LogP contribution in [0.1, 0.15) is 18.1 Å². The zero-order valence-corrected chi connectivity index (χ0v) is 9.67. The van der Waals surface area contributed by atoms with E-state index in [9.17, 15) is 0 Å². The van der Waals surface area contributed by atoms with Gasteiger partial charge in [-0.05, 0) is 24.3 Å². The summed E-state index contributed by atoms with van der Waals surface area (Å²) in [5.41, 5.74) is 8.19. The van der Waals surface area contributed by atoms with Crippen molar-refractivity contribution >= 4 is 24.2 Å². The second kappa shape index (κ2) is 6.30. The lowest BCUT2D eigenvalue weighted by molar-refractivity contribution is 1.02. The molecular formula is C10H16ClNS. The SMILES string of the molecule is CCSc1ccc(C)cc1CN.Cl. The van der Waals surface area contributed by atoms with Crippen LogP contribution in [0, 0.1) is 6.92 Å². The van der Waals surface area contributed by atoms with Crippen LogP contribution in [-0.2, 0) is 6.54 Å².